The highest BCUT2D eigenvalue weighted by Gasteiger charge is 2.01. The minimum Gasteiger partial charge on any atom is -0.504 e. The maximum atomic E-state index is 9.53. The number of hydrogen-bond donors (Lipinski definition) is 2. The maximum absolute atomic E-state index is 9.53. The highest BCUT2D eigenvalue weighted by molar-refractivity contribution is 5.80. The summed E-state index contributed by atoms with van der Waals surface area (Å²) >= 11 is 0. The molecule has 94 valence electrons. The molecular formula is C11H13N5O2. The molecule has 7 nitrogen and oxygen atoms in total. The molecule has 1 heterocycles. The fourth-order valence-electron chi connectivity index (χ4n) is 1.30. The fourth-order valence-corrected chi connectivity index (χ4v) is 1.30. The summed E-state index contributed by atoms with van der Waals surface area (Å²) in [5, 5.41) is 17.3. The van der Waals surface area contributed by atoms with Gasteiger partial charge < -0.3 is 9.84 Å². The average molecular weight is 247 g/mol. The monoisotopic (exact) mass is 247 g/mol. The summed E-state index contributed by atoms with van der Waals surface area (Å²) in [4.78, 5) is 5.12. The summed E-state index contributed by atoms with van der Waals surface area (Å²) in [6, 6.07) is 4.98. The number of hydrogen-bond acceptors (Lipinski definition) is 6. The van der Waals surface area contributed by atoms with Crippen molar-refractivity contribution in [1.82, 2.24) is 14.9 Å². The van der Waals surface area contributed by atoms with E-state index in [1.54, 1.807) is 24.4 Å². The molecular weight excluding hydrogens is 234 g/mol. The average Bonchev–Trinajstić information content (AvgIpc) is 2.87. The van der Waals surface area contributed by atoms with Crippen molar-refractivity contribution >= 4 is 6.21 Å². The molecule has 2 aromatic rings. The van der Waals surface area contributed by atoms with E-state index in [0.29, 0.717) is 12.4 Å². The lowest BCUT2D eigenvalue weighted by atomic mass is 10.2. The third-order valence-corrected chi connectivity index (χ3v) is 2.08. The summed E-state index contributed by atoms with van der Waals surface area (Å²) in [5.74, 6) is 0.542. The molecule has 0 atom stereocenters. The van der Waals surface area contributed by atoms with E-state index in [1.807, 2.05) is 6.92 Å². The Bertz CT molecular complexity index is 524. The van der Waals surface area contributed by atoms with E-state index in [2.05, 4.69) is 20.7 Å². The van der Waals surface area contributed by atoms with Crippen LogP contribution in [0.25, 0.3) is 0 Å². The molecule has 0 fully saturated rings. The summed E-state index contributed by atoms with van der Waals surface area (Å²) in [5.41, 5.74) is 3.44. The van der Waals surface area contributed by atoms with Crippen LogP contribution in [0.2, 0.25) is 0 Å². The van der Waals surface area contributed by atoms with E-state index in [0.717, 1.165) is 5.56 Å². The SMILES string of the molecule is CCOc1cc(/C=N\Nn2cncn2)ccc1O. The number of phenolic OH excluding ortho intramolecular Hbond substituents is 1. The first-order valence-electron chi connectivity index (χ1n) is 5.39. The summed E-state index contributed by atoms with van der Waals surface area (Å²) in [6.07, 6.45) is 4.47. The molecule has 0 spiro atoms. The van der Waals surface area contributed by atoms with Crippen LogP contribution in [-0.4, -0.2) is 32.8 Å². The van der Waals surface area contributed by atoms with Gasteiger partial charge in [0.15, 0.2) is 11.5 Å². The van der Waals surface area contributed by atoms with Crippen molar-refractivity contribution in [3.8, 4) is 11.5 Å². The minimum absolute atomic E-state index is 0.109. The van der Waals surface area contributed by atoms with Crippen LogP contribution in [0, 0.1) is 0 Å². The predicted octanol–water partition coefficient (Wildman–Crippen LogP) is 0.960. The Morgan fingerprint density at radius 2 is 2.44 bits per heavy atom. The van der Waals surface area contributed by atoms with Gasteiger partial charge in [0.25, 0.3) is 0 Å². The van der Waals surface area contributed by atoms with Crippen molar-refractivity contribution < 1.29 is 9.84 Å². The number of nitrogens with zero attached hydrogens (tertiary/aromatic N) is 4. The van der Waals surface area contributed by atoms with Crippen LogP contribution in [0.5, 0.6) is 11.5 Å². The Balaban J connectivity index is 2.04. The zero-order chi connectivity index (χ0) is 12.8. The van der Waals surface area contributed by atoms with Gasteiger partial charge >= 0.3 is 0 Å². The van der Waals surface area contributed by atoms with Gasteiger partial charge in [0.1, 0.15) is 12.7 Å². The molecule has 7 heteroatoms. The van der Waals surface area contributed by atoms with Gasteiger partial charge in [0.2, 0.25) is 0 Å². The highest BCUT2D eigenvalue weighted by atomic mass is 16.5. The van der Waals surface area contributed by atoms with E-state index in [4.69, 9.17) is 4.74 Å². The van der Waals surface area contributed by atoms with Gasteiger partial charge in [-0.2, -0.15) is 10.6 Å². The summed E-state index contributed by atoms with van der Waals surface area (Å²) in [7, 11) is 0. The Labute approximate surface area is 104 Å². The standard InChI is InChI=1S/C11H13N5O2/c1-2-18-11-5-9(3-4-10(11)17)6-13-15-16-8-12-7-14-16/h3-8,15,17H,2H2,1H3/b13-6-. The molecule has 0 aliphatic rings. The number of aromatic nitrogens is 3. The predicted molar refractivity (Wildman–Crippen MR) is 66.3 cm³/mol. The van der Waals surface area contributed by atoms with Crippen molar-refractivity contribution in [1.29, 1.82) is 0 Å². The van der Waals surface area contributed by atoms with Gasteiger partial charge in [-0.25, -0.2) is 4.98 Å². The Kier molecular flexibility index (Phi) is 3.75. The van der Waals surface area contributed by atoms with Crippen LogP contribution in [0.4, 0.5) is 0 Å². The molecule has 0 saturated carbocycles. The second-order valence-corrected chi connectivity index (χ2v) is 3.36. The topological polar surface area (TPSA) is 84.6 Å². The van der Waals surface area contributed by atoms with Gasteiger partial charge in [-0.05, 0) is 30.7 Å². The molecule has 1 aromatic carbocycles. The van der Waals surface area contributed by atoms with Crippen molar-refractivity contribution in [2.24, 2.45) is 5.10 Å². The molecule has 0 aliphatic heterocycles. The van der Waals surface area contributed by atoms with Gasteiger partial charge in [-0.3, -0.25) is 0 Å². The fraction of sp³-hybridized carbons (Fsp3) is 0.182. The highest BCUT2D eigenvalue weighted by Crippen LogP contribution is 2.26. The number of rotatable bonds is 5. The van der Waals surface area contributed by atoms with Crippen molar-refractivity contribution in [3.05, 3.63) is 36.4 Å². The van der Waals surface area contributed by atoms with Gasteiger partial charge in [0, 0.05) is 0 Å². The minimum atomic E-state index is 0.109. The molecule has 0 amide bonds. The molecule has 2 N–H and O–H groups in total. The smallest absolute Gasteiger partial charge is 0.161 e. The van der Waals surface area contributed by atoms with Crippen LogP contribution >= 0.6 is 0 Å². The third-order valence-electron chi connectivity index (χ3n) is 2.08. The van der Waals surface area contributed by atoms with E-state index >= 15 is 0 Å². The first-order valence-corrected chi connectivity index (χ1v) is 5.39. The molecule has 0 radical (unpaired) electrons. The largest absolute Gasteiger partial charge is 0.504 e. The van der Waals surface area contributed by atoms with E-state index in [-0.39, 0.29) is 5.75 Å². The number of aromatic hydroxyl groups is 1. The number of nitrogens with one attached hydrogen (secondary N) is 1. The van der Waals surface area contributed by atoms with E-state index in [9.17, 15) is 5.11 Å². The number of phenols is 1. The van der Waals surface area contributed by atoms with Gasteiger partial charge in [0.05, 0.1) is 12.8 Å². The van der Waals surface area contributed by atoms with Crippen molar-refractivity contribution in [2.45, 2.75) is 6.92 Å². The van der Waals surface area contributed by atoms with Crippen molar-refractivity contribution in [3.63, 3.8) is 0 Å². The zero-order valence-corrected chi connectivity index (χ0v) is 9.82. The lowest BCUT2D eigenvalue weighted by Gasteiger charge is -2.05. The van der Waals surface area contributed by atoms with Crippen LogP contribution in [0.3, 0.4) is 0 Å². The Hall–Kier alpha value is -2.57. The van der Waals surface area contributed by atoms with Crippen LogP contribution < -0.4 is 10.3 Å². The molecule has 18 heavy (non-hydrogen) atoms. The third kappa shape index (κ3) is 2.97. The summed E-state index contributed by atoms with van der Waals surface area (Å²) < 4.78 is 5.27. The van der Waals surface area contributed by atoms with Gasteiger partial charge in [-0.1, -0.05) is 0 Å². The molecule has 2 rings (SSSR count). The van der Waals surface area contributed by atoms with Crippen LogP contribution in [0.1, 0.15) is 12.5 Å². The number of hydrazone groups is 1. The zero-order valence-electron chi connectivity index (χ0n) is 9.82. The molecule has 0 unspecified atom stereocenters. The molecule has 0 bridgehead atoms. The number of benzene rings is 1. The number of ether oxygens (including phenoxy) is 1. The second kappa shape index (κ2) is 5.67. The van der Waals surface area contributed by atoms with E-state index in [1.165, 1.54) is 17.4 Å². The normalized spacial score (nSPS) is 10.7. The summed E-state index contributed by atoms with van der Waals surface area (Å²) in [6.45, 7) is 2.35. The van der Waals surface area contributed by atoms with Crippen LogP contribution in [-0.2, 0) is 0 Å². The first-order chi connectivity index (χ1) is 8.79. The Morgan fingerprint density at radius 3 is 3.17 bits per heavy atom. The lowest BCUT2D eigenvalue weighted by Crippen LogP contribution is -2.08. The second-order valence-electron chi connectivity index (χ2n) is 3.36. The maximum Gasteiger partial charge on any atom is 0.161 e. The van der Waals surface area contributed by atoms with Crippen molar-refractivity contribution in [2.75, 3.05) is 12.1 Å². The Morgan fingerprint density at radius 1 is 1.56 bits per heavy atom. The first kappa shape index (κ1) is 11.9. The quantitative estimate of drug-likeness (QED) is 0.607. The molecule has 1 aromatic heterocycles. The van der Waals surface area contributed by atoms with Crippen LogP contribution in [0.15, 0.2) is 36.0 Å². The lowest BCUT2D eigenvalue weighted by molar-refractivity contribution is 0.318. The van der Waals surface area contributed by atoms with Gasteiger partial charge in [-0.15, -0.1) is 9.89 Å². The van der Waals surface area contributed by atoms with E-state index < -0.39 is 0 Å². The molecule has 0 saturated heterocycles. The molecule has 0 aliphatic carbocycles.